The SMILES string of the molecule is CCc1ccc2c(c1)C(=O)CCN2C(=O)OCc1ccccc1. The summed E-state index contributed by atoms with van der Waals surface area (Å²) in [6, 6.07) is 15.2. The number of anilines is 1. The third-order valence-electron chi connectivity index (χ3n) is 4.05. The molecule has 0 aromatic heterocycles. The summed E-state index contributed by atoms with van der Waals surface area (Å²) < 4.78 is 5.39. The third kappa shape index (κ3) is 3.26. The molecule has 4 heteroatoms. The molecule has 0 N–H and O–H groups in total. The molecule has 0 atom stereocenters. The van der Waals surface area contributed by atoms with E-state index in [0.29, 0.717) is 24.2 Å². The Bertz CT molecular complexity index is 725. The molecule has 0 fully saturated rings. The zero-order chi connectivity index (χ0) is 16.2. The van der Waals surface area contributed by atoms with Crippen LogP contribution in [0.1, 0.15) is 34.8 Å². The number of benzene rings is 2. The van der Waals surface area contributed by atoms with E-state index in [2.05, 4.69) is 0 Å². The van der Waals surface area contributed by atoms with Gasteiger partial charge in [-0.3, -0.25) is 9.69 Å². The van der Waals surface area contributed by atoms with Crippen LogP contribution < -0.4 is 4.90 Å². The first-order valence-corrected chi connectivity index (χ1v) is 7.83. The van der Waals surface area contributed by atoms with Gasteiger partial charge in [-0.25, -0.2) is 4.79 Å². The zero-order valence-electron chi connectivity index (χ0n) is 13.1. The average molecular weight is 309 g/mol. The van der Waals surface area contributed by atoms with Crippen LogP contribution in [0.3, 0.4) is 0 Å². The molecular formula is C19H19NO3. The summed E-state index contributed by atoms with van der Waals surface area (Å²) >= 11 is 0. The molecule has 2 aromatic rings. The van der Waals surface area contributed by atoms with Gasteiger partial charge in [0.15, 0.2) is 5.78 Å². The van der Waals surface area contributed by atoms with Crippen LogP contribution in [-0.4, -0.2) is 18.4 Å². The molecule has 1 heterocycles. The molecule has 0 saturated heterocycles. The van der Waals surface area contributed by atoms with E-state index in [4.69, 9.17) is 4.74 Å². The fourth-order valence-electron chi connectivity index (χ4n) is 2.72. The molecule has 4 nitrogen and oxygen atoms in total. The lowest BCUT2D eigenvalue weighted by molar-refractivity contribution is 0.0977. The van der Waals surface area contributed by atoms with Crippen LogP contribution in [0.4, 0.5) is 10.5 Å². The number of hydrogen-bond donors (Lipinski definition) is 0. The Kier molecular flexibility index (Phi) is 4.42. The molecule has 118 valence electrons. The van der Waals surface area contributed by atoms with Crippen molar-refractivity contribution in [3.05, 3.63) is 65.2 Å². The molecule has 0 unspecified atom stereocenters. The van der Waals surface area contributed by atoms with E-state index in [9.17, 15) is 9.59 Å². The van der Waals surface area contributed by atoms with Gasteiger partial charge in [-0.2, -0.15) is 0 Å². The van der Waals surface area contributed by atoms with E-state index in [0.717, 1.165) is 17.5 Å². The van der Waals surface area contributed by atoms with Crippen molar-refractivity contribution in [1.82, 2.24) is 0 Å². The van der Waals surface area contributed by atoms with Crippen LogP contribution in [0.5, 0.6) is 0 Å². The Morgan fingerprint density at radius 3 is 2.65 bits per heavy atom. The number of fused-ring (bicyclic) bond motifs is 1. The molecule has 1 aliphatic heterocycles. The topological polar surface area (TPSA) is 46.6 Å². The van der Waals surface area contributed by atoms with Gasteiger partial charge in [-0.1, -0.05) is 43.3 Å². The Balaban J connectivity index is 1.77. The van der Waals surface area contributed by atoms with E-state index >= 15 is 0 Å². The van der Waals surface area contributed by atoms with Gasteiger partial charge in [0.2, 0.25) is 0 Å². The number of Topliss-reactive ketones (excluding diaryl/α,β-unsaturated/α-hetero) is 1. The van der Waals surface area contributed by atoms with E-state index in [-0.39, 0.29) is 12.4 Å². The lowest BCUT2D eigenvalue weighted by Gasteiger charge is -2.28. The smallest absolute Gasteiger partial charge is 0.414 e. The highest BCUT2D eigenvalue weighted by Gasteiger charge is 2.28. The lowest BCUT2D eigenvalue weighted by Crippen LogP contribution is -2.37. The summed E-state index contributed by atoms with van der Waals surface area (Å²) in [6.45, 7) is 2.64. The van der Waals surface area contributed by atoms with Gasteiger partial charge in [0.1, 0.15) is 6.61 Å². The molecule has 3 rings (SSSR count). The number of carbonyl (C=O) groups is 2. The third-order valence-corrected chi connectivity index (χ3v) is 4.05. The maximum absolute atomic E-state index is 12.4. The van der Waals surface area contributed by atoms with Gasteiger partial charge in [-0.15, -0.1) is 0 Å². The Hall–Kier alpha value is -2.62. The van der Waals surface area contributed by atoms with Gasteiger partial charge in [0.05, 0.1) is 5.69 Å². The number of aryl methyl sites for hydroxylation is 1. The van der Waals surface area contributed by atoms with Crippen LogP contribution in [0, 0.1) is 0 Å². The minimum Gasteiger partial charge on any atom is -0.444 e. The first-order chi connectivity index (χ1) is 11.2. The first-order valence-electron chi connectivity index (χ1n) is 7.83. The summed E-state index contributed by atoms with van der Waals surface area (Å²) in [5.74, 6) is 0.0856. The second-order valence-electron chi connectivity index (χ2n) is 5.57. The quantitative estimate of drug-likeness (QED) is 0.861. The molecule has 0 bridgehead atoms. The lowest BCUT2D eigenvalue weighted by atomic mass is 9.97. The van der Waals surface area contributed by atoms with Crippen LogP contribution >= 0.6 is 0 Å². The largest absolute Gasteiger partial charge is 0.444 e. The summed E-state index contributed by atoms with van der Waals surface area (Å²) in [7, 11) is 0. The van der Waals surface area contributed by atoms with E-state index < -0.39 is 6.09 Å². The highest BCUT2D eigenvalue weighted by molar-refractivity contribution is 6.07. The van der Waals surface area contributed by atoms with Gasteiger partial charge in [0, 0.05) is 18.5 Å². The van der Waals surface area contributed by atoms with Crippen LogP contribution in [0.25, 0.3) is 0 Å². The van der Waals surface area contributed by atoms with Gasteiger partial charge in [0.25, 0.3) is 0 Å². The molecule has 0 spiro atoms. The number of hydrogen-bond acceptors (Lipinski definition) is 3. The molecule has 0 saturated carbocycles. The van der Waals surface area contributed by atoms with Crippen molar-refractivity contribution in [3.8, 4) is 0 Å². The van der Waals surface area contributed by atoms with E-state index in [1.165, 1.54) is 0 Å². The predicted molar refractivity (Wildman–Crippen MR) is 88.7 cm³/mol. The van der Waals surface area contributed by atoms with Crippen LogP contribution in [0.15, 0.2) is 48.5 Å². The molecular weight excluding hydrogens is 290 g/mol. The van der Waals surface area contributed by atoms with Crippen molar-refractivity contribution in [2.24, 2.45) is 0 Å². The number of rotatable bonds is 3. The van der Waals surface area contributed by atoms with Crippen LogP contribution in [0.2, 0.25) is 0 Å². The van der Waals surface area contributed by atoms with Gasteiger partial charge < -0.3 is 4.74 Å². The second kappa shape index (κ2) is 6.65. The Labute approximate surface area is 135 Å². The molecule has 23 heavy (non-hydrogen) atoms. The van der Waals surface area contributed by atoms with Crippen molar-refractivity contribution in [2.75, 3.05) is 11.4 Å². The minimum atomic E-state index is -0.410. The normalized spacial score (nSPS) is 13.6. The summed E-state index contributed by atoms with van der Waals surface area (Å²) in [6.07, 6.45) is 0.784. The number of carbonyl (C=O) groups excluding carboxylic acids is 2. The average Bonchev–Trinajstić information content (AvgIpc) is 2.60. The fraction of sp³-hybridized carbons (Fsp3) is 0.263. The fourth-order valence-corrected chi connectivity index (χ4v) is 2.72. The molecule has 2 aromatic carbocycles. The van der Waals surface area contributed by atoms with Crippen molar-refractivity contribution < 1.29 is 14.3 Å². The molecule has 0 radical (unpaired) electrons. The summed E-state index contributed by atoms with van der Waals surface area (Å²) in [5, 5.41) is 0. The predicted octanol–water partition coefficient (Wildman–Crippen LogP) is 3.98. The Morgan fingerprint density at radius 1 is 1.13 bits per heavy atom. The number of amides is 1. The summed E-state index contributed by atoms with van der Waals surface area (Å²) in [4.78, 5) is 26.1. The van der Waals surface area contributed by atoms with Crippen LogP contribution in [-0.2, 0) is 17.8 Å². The van der Waals surface area contributed by atoms with Crippen molar-refractivity contribution in [1.29, 1.82) is 0 Å². The highest BCUT2D eigenvalue weighted by Crippen LogP contribution is 2.29. The molecule has 1 amide bonds. The van der Waals surface area contributed by atoms with E-state index in [1.54, 1.807) is 4.90 Å². The number of ether oxygens (including phenoxy) is 1. The van der Waals surface area contributed by atoms with Gasteiger partial charge >= 0.3 is 6.09 Å². The highest BCUT2D eigenvalue weighted by atomic mass is 16.6. The maximum atomic E-state index is 12.4. The summed E-state index contributed by atoms with van der Waals surface area (Å²) in [5.41, 5.74) is 3.30. The first kappa shape index (κ1) is 15.3. The number of ketones is 1. The van der Waals surface area contributed by atoms with Crippen molar-refractivity contribution >= 4 is 17.6 Å². The van der Waals surface area contributed by atoms with Gasteiger partial charge in [-0.05, 0) is 29.7 Å². The maximum Gasteiger partial charge on any atom is 0.414 e. The van der Waals surface area contributed by atoms with E-state index in [1.807, 2.05) is 55.5 Å². The number of nitrogens with zero attached hydrogens (tertiary/aromatic N) is 1. The zero-order valence-corrected chi connectivity index (χ0v) is 13.1. The van der Waals surface area contributed by atoms with Crippen molar-refractivity contribution in [2.45, 2.75) is 26.4 Å². The van der Waals surface area contributed by atoms with Crippen molar-refractivity contribution in [3.63, 3.8) is 0 Å². The monoisotopic (exact) mass is 309 g/mol. The minimum absolute atomic E-state index is 0.0856. The Morgan fingerprint density at radius 2 is 1.91 bits per heavy atom. The standard InChI is InChI=1S/C19H19NO3/c1-2-14-8-9-17-16(12-14)18(21)10-11-20(17)19(22)23-13-15-6-4-3-5-7-15/h3-9,12H,2,10-11,13H2,1H3. The molecule has 1 aliphatic rings. The molecule has 0 aliphatic carbocycles. The second-order valence-corrected chi connectivity index (χ2v) is 5.57.